The van der Waals surface area contributed by atoms with Gasteiger partial charge in [0.25, 0.3) is 0 Å². The monoisotopic (exact) mass is 321 g/mol. The van der Waals surface area contributed by atoms with Crippen LogP contribution in [-0.4, -0.2) is 48.9 Å². The molecule has 3 amide bonds. The molecule has 0 spiro atoms. The third kappa shape index (κ3) is 4.35. The van der Waals surface area contributed by atoms with E-state index in [4.69, 9.17) is 9.84 Å². The van der Waals surface area contributed by atoms with Crippen molar-refractivity contribution in [3.8, 4) is 5.75 Å². The average Bonchev–Trinajstić information content (AvgIpc) is 2.87. The van der Waals surface area contributed by atoms with Crippen LogP contribution in [0.25, 0.3) is 0 Å². The van der Waals surface area contributed by atoms with Gasteiger partial charge in [0, 0.05) is 24.7 Å². The second-order valence-corrected chi connectivity index (χ2v) is 6.25. The van der Waals surface area contributed by atoms with Gasteiger partial charge in [0.05, 0.1) is 25.3 Å². The van der Waals surface area contributed by atoms with E-state index in [2.05, 4.69) is 10.6 Å². The maximum Gasteiger partial charge on any atom is 0.315 e. The summed E-state index contributed by atoms with van der Waals surface area (Å²) in [6, 6.07) is 6.58. The number of urea groups is 1. The second-order valence-electron chi connectivity index (χ2n) is 6.25. The van der Waals surface area contributed by atoms with Crippen LogP contribution in [-0.2, 0) is 4.79 Å². The predicted molar refractivity (Wildman–Crippen MR) is 86.6 cm³/mol. The molecule has 7 nitrogen and oxygen atoms in total. The lowest BCUT2D eigenvalue weighted by Gasteiger charge is -2.25. The fraction of sp³-hybridized carbons (Fsp3) is 0.500. The molecule has 0 radical (unpaired) electrons. The molecular formula is C16H23N3O4. The van der Waals surface area contributed by atoms with Crippen LogP contribution in [0, 0.1) is 0 Å². The number of nitrogens with zero attached hydrogens (tertiary/aromatic N) is 1. The van der Waals surface area contributed by atoms with E-state index in [0.29, 0.717) is 12.3 Å². The van der Waals surface area contributed by atoms with Gasteiger partial charge in [-0.25, -0.2) is 4.79 Å². The molecule has 1 atom stereocenters. The number of nitrogens with one attached hydrogen (secondary N) is 2. The van der Waals surface area contributed by atoms with E-state index < -0.39 is 11.6 Å². The second kappa shape index (κ2) is 6.87. The Hall–Kier alpha value is -2.28. The summed E-state index contributed by atoms with van der Waals surface area (Å²) >= 11 is 0. The van der Waals surface area contributed by atoms with Crippen LogP contribution >= 0.6 is 0 Å². The Morgan fingerprint density at radius 3 is 2.87 bits per heavy atom. The van der Waals surface area contributed by atoms with Gasteiger partial charge in [-0.1, -0.05) is 6.07 Å². The number of aliphatic hydroxyl groups excluding tert-OH is 1. The molecule has 23 heavy (non-hydrogen) atoms. The standard InChI is InChI=1S/C16H23N3O4/c1-16(2,10-20)18-15(22)17-11-7-14(21)19(9-11)12-5-4-6-13(8-12)23-3/h4-6,8,11,20H,7,9-10H2,1-3H3,(H2,17,18,22)/t11-/m1/s1. The lowest BCUT2D eigenvalue weighted by molar-refractivity contribution is -0.117. The molecule has 1 fully saturated rings. The Balaban J connectivity index is 1.98. The van der Waals surface area contributed by atoms with E-state index >= 15 is 0 Å². The zero-order chi connectivity index (χ0) is 17.0. The van der Waals surface area contributed by atoms with Crippen LogP contribution < -0.4 is 20.3 Å². The lowest BCUT2D eigenvalue weighted by atomic mass is 10.1. The maximum atomic E-state index is 12.2. The molecule has 0 unspecified atom stereocenters. The number of amides is 3. The number of ether oxygens (including phenoxy) is 1. The molecule has 3 N–H and O–H groups in total. The fourth-order valence-electron chi connectivity index (χ4n) is 2.40. The third-order valence-corrected chi connectivity index (χ3v) is 3.67. The van der Waals surface area contributed by atoms with E-state index in [1.165, 1.54) is 0 Å². The summed E-state index contributed by atoms with van der Waals surface area (Å²) < 4.78 is 5.17. The van der Waals surface area contributed by atoms with E-state index in [-0.39, 0.29) is 25.0 Å². The summed E-state index contributed by atoms with van der Waals surface area (Å²) in [5.74, 6) is 0.624. The van der Waals surface area contributed by atoms with Crippen LogP contribution in [0.2, 0.25) is 0 Å². The Morgan fingerprint density at radius 2 is 2.22 bits per heavy atom. The maximum absolute atomic E-state index is 12.2. The zero-order valence-corrected chi connectivity index (χ0v) is 13.6. The van der Waals surface area contributed by atoms with Crippen molar-refractivity contribution in [3.63, 3.8) is 0 Å². The largest absolute Gasteiger partial charge is 0.497 e. The number of carbonyl (C=O) groups is 2. The van der Waals surface area contributed by atoms with Crippen molar-refractivity contribution >= 4 is 17.6 Å². The number of methoxy groups -OCH3 is 1. The predicted octanol–water partition coefficient (Wildman–Crippen LogP) is 0.871. The Kier molecular flexibility index (Phi) is 5.10. The van der Waals surface area contributed by atoms with Gasteiger partial charge in [0.15, 0.2) is 0 Å². The summed E-state index contributed by atoms with van der Waals surface area (Å²) in [5, 5.41) is 14.6. The van der Waals surface area contributed by atoms with Gasteiger partial charge in [0.1, 0.15) is 5.75 Å². The molecule has 0 saturated carbocycles. The molecule has 0 aromatic heterocycles. The van der Waals surface area contributed by atoms with Crippen molar-refractivity contribution in [2.24, 2.45) is 0 Å². The topological polar surface area (TPSA) is 90.9 Å². The molecule has 1 aliphatic heterocycles. The summed E-state index contributed by atoms with van der Waals surface area (Å²) in [5.41, 5.74) is 0.0360. The van der Waals surface area contributed by atoms with Gasteiger partial charge < -0.3 is 25.4 Å². The van der Waals surface area contributed by atoms with E-state index in [0.717, 1.165) is 5.69 Å². The average molecular weight is 321 g/mol. The SMILES string of the molecule is COc1cccc(N2C[C@H](NC(=O)NC(C)(C)CO)CC2=O)c1. The van der Waals surface area contributed by atoms with Gasteiger partial charge in [-0.15, -0.1) is 0 Å². The zero-order valence-electron chi connectivity index (χ0n) is 13.6. The van der Waals surface area contributed by atoms with Crippen molar-refractivity contribution in [2.45, 2.75) is 31.8 Å². The Morgan fingerprint density at radius 1 is 1.48 bits per heavy atom. The first-order chi connectivity index (χ1) is 10.8. The molecule has 2 rings (SSSR count). The summed E-state index contributed by atoms with van der Waals surface area (Å²) in [4.78, 5) is 25.8. The van der Waals surface area contributed by atoms with Gasteiger partial charge >= 0.3 is 6.03 Å². The van der Waals surface area contributed by atoms with Crippen LogP contribution in [0.1, 0.15) is 20.3 Å². The van der Waals surface area contributed by atoms with Crippen LogP contribution in [0.3, 0.4) is 0 Å². The summed E-state index contributed by atoms with van der Waals surface area (Å²) in [7, 11) is 1.57. The van der Waals surface area contributed by atoms with E-state index in [1.54, 1.807) is 31.9 Å². The number of carbonyl (C=O) groups excluding carboxylic acids is 2. The highest BCUT2D eigenvalue weighted by molar-refractivity contribution is 5.97. The smallest absolute Gasteiger partial charge is 0.315 e. The molecule has 126 valence electrons. The van der Waals surface area contributed by atoms with Crippen molar-refractivity contribution in [3.05, 3.63) is 24.3 Å². The number of rotatable bonds is 5. The molecule has 0 aliphatic carbocycles. The van der Waals surface area contributed by atoms with Crippen molar-refractivity contribution < 1.29 is 19.4 Å². The number of hydrogen-bond donors (Lipinski definition) is 3. The molecule has 1 aromatic rings. The Labute approximate surface area is 135 Å². The summed E-state index contributed by atoms with van der Waals surface area (Å²) in [6.45, 7) is 3.67. The normalized spacial score (nSPS) is 18.0. The minimum atomic E-state index is -0.709. The quantitative estimate of drug-likeness (QED) is 0.750. The number of hydrogen-bond acceptors (Lipinski definition) is 4. The minimum Gasteiger partial charge on any atom is -0.497 e. The Bertz CT molecular complexity index is 588. The lowest BCUT2D eigenvalue weighted by Crippen LogP contribution is -2.53. The number of aliphatic hydroxyl groups is 1. The highest BCUT2D eigenvalue weighted by Gasteiger charge is 2.32. The number of anilines is 1. The first-order valence-corrected chi connectivity index (χ1v) is 7.48. The molecule has 1 saturated heterocycles. The van der Waals surface area contributed by atoms with Crippen LogP contribution in [0.5, 0.6) is 5.75 Å². The highest BCUT2D eigenvalue weighted by Crippen LogP contribution is 2.25. The first-order valence-electron chi connectivity index (χ1n) is 7.48. The fourth-order valence-corrected chi connectivity index (χ4v) is 2.40. The molecule has 7 heteroatoms. The van der Waals surface area contributed by atoms with Gasteiger partial charge in [0.2, 0.25) is 5.91 Å². The van der Waals surface area contributed by atoms with Crippen molar-refractivity contribution in [2.75, 3.05) is 25.2 Å². The van der Waals surface area contributed by atoms with E-state index in [9.17, 15) is 9.59 Å². The summed E-state index contributed by atoms with van der Waals surface area (Å²) in [6.07, 6.45) is 0.240. The molecule has 0 bridgehead atoms. The minimum absolute atomic E-state index is 0.0510. The van der Waals surface area contributed by atoms with E-state index in [1.807, 2.05) is 18.2 Å². The molecule has 1 heterocycles. The molecule has 1 aromatic carbocycles. The van der Waals surface area contributed by atoms with Gasteiger partial charge in [-0.3, -0.25) is 4.79 Å². The van der Waals surface area contributed by atoms with Crippen LogP contribution in [0.4, 0.5) is 10.5 Å². The van der Waals surface area contributed by atoms with Crippen LogP contribution in [0.15, 0.2) is 24.3 Å². The van der Waals surface area contributed by atoms with Gasteiger partial charge in [-0.05, 0) is 26.0 Å². The highest BCUT2D eigenvalue weighted by atomic mass is 16.5. The van der Waals surface area contributed by atoms with Crippen molar-refractivity contribution in [1.29, 1.82) is 0 Å². The molecular weight excluding hydrogens is 298 g/mol. The number of benzene rings is 1. The molecule has 1 aliphatic rings. The van der Waals surface area contributed by atoms with Crippen molar-refractivity contribution in [1.82, 2.24) is 10.6 Å². The van der Waals surface area contributed by atoms with Gasteiger partial charge in [-0.2, -0.15) is 0 Å². The third-order valence-electron chi connectivity index (χ3n) is 3.67. The first kappa shape index (κ1) is 17.1.